The second-order valence-electron chi connectivity index (χ2n) is 9.88. The van der Waals surface area contributed by atoms with Crippen molar-refractivity contribution in [2.45, 2.75) is 25.9 Å². The van der Waals surface area contributed by atoms with Crippen molar-refractivity contribution in [3.63, 3.8) is 0 Å². The summed E-state index contributed by atoms with van der Waals surface area (Å²) in [6, 6.07) is 11.2. The van der Waals surface area contributed by atoms with Gasteiger partial charge in [0.2, 0.25) is 17.7 Å². The molecule has 4 amide bonds. The van der Waals surface area contributed by atoms with E-state index in [-0.39, 0.29) is 50.1 Å². The Labute approximate surface area is 236 Å². The number of halogens is 1. The van der Waals surface area contributed by atoms with Crippen LogP contribution in [0.5, 0.6) is 0 Å². The van der Waals surface area contributed by atoms with Gasteiger partial charge in [0.1, 0.15) is 11.9 Å². The largest absolute Gasteiger partial charge is 0.442 e. The predicted molar refractivity (Wildman–Crippen MR) is 149 cm³/mol. The van der Waals surface area contributed by atoms with Crippen LogP contribution in [-0.4, -0.2) is 86.4 Å². The quantitative estimate of drug-likeness (QED) is 0.345. The Bertz CT molecular complexity index is 1330. The molecule has 2 aliphatic heterocycles. The molecule has 0 unspecified atom stereocenters. The number of Topliss-reactive ketones (excluding diaryl/α,β-unsaturated/α-hetero) is 1. The van der Waals surface area contributed by atoms with Crippen LogP contribution < -0.4 is 26.2 Å². The van der Waals surface area contributed by atoms with E-state index < -0.39 is 23.9 Å². The number of benzene rings is 2. The maximum atomic E-state index is 15.1. The zero-order valence-corrected chi connectivity index (χ0v) is 22.7. The van der Waals surface area contributed by atoms with Crippen molar-refractivity contribution in [3.8, 4) is 0 Å². The number of piperazine rings is 1. The molecule has 12 nitrogen and oxygen atoms in total. The molecule has 2 saturated heterocycles. The number of nitrogens with zero attached hydrogens (tertiary/aromatic N) is 3. The fourth-order valence-electron chi connectivity index (χ4n) is 4.73. The molecular formula is C28H33FN6O6. The van der Waals surface area contributed by atoms with Crippen LogP contribution in [0.4, 0.5) is 26.2 Å². The van der Waals surface area contributed by atoms with Gasteiger partial charge in [-0.05, 0) is 30.3 Å². The number of ketones is 1. The smallest absolute Gasteiger partial charge is 0.414 e. The summed E-state index contributed by atoms with van der Waals surface area (Å²) >= 11 is 0. The number of carbonyl (C=O) groups is 5. The molecule has 4 rings (SSSR count). The van der Waals surface area contributed by atoms with Crippen LogP contribution in [0, 0.1) is 5.82 Å². The molecule has 0 radical (unpaired) electrons. The first kappa shape index (κ1) is 29.3. The molecule has 4 N–H and O–H groups in total. The zero-order chi connectivity index (χ0) is 29.5. The van der Waals surface area contributed by atoms with E-state index in [1.165, 1.54) is 17.9 Å². The molecule has 2 heterocycles. The number of carbonyl (C=O) groups excluding carboxylic acids is 5. The van der Waals surface area contributed by atoms with Crippen LogP contribution in [0.3, 0.4) is 0 Å². The topological polar surface area (TPSA) is 154 Å². The molecule has 2 aliphatic rings. The van der Waals surface area contributed by atoms with Crippen molar-refractivity contribution in [2.75, 3.05) is 60.9 Å². The summed E-state index contributed by atoms with van der Waals surface area (Å²) in [5, 5.41) is 5.44. The standard InChI is InChI=1S/C28H33FN6O6/c1-18(36)31-15-22-17-35(28(40)41-22)21-5-6-24(23(29)14-21)33-9-11-34(12-10-33)27(39)8-7-25(37)19-3-2-4-20(13-19)32-16-26(30)38/h2-6,13-14,22,32H,7-12,15-17H2,1H3,(H2,30,38)(H,31,36)/t22-/m0/s1. The number of primary amides is 1. The van der Waals surface area contributed by atoms with E-state index in [1.807, 2.05) is 4.90 Å². The van der Waals surface area contributed by atoms with Gasteiger partial charge in [0.15, 0.2) is 5.78 Å². The SMILES string of the molecule is CC(=O)NC[C@H]1CN(c2ccc(N3CCN(C(=O)CCC(=O)c4cccc(NCC(N)=O)c4)CC3)c(F)c2)C(=O)O1. The Kier molecular flexibility index (Phi) is 9.37. The minimum atomic E-state index is -0.606. The van der Waals surface area contributed by atoms with Crippen LogP contribution in [0.2, 0.25) is 0 Å². The van der Waals surface area contributed by atoms with Crippen LogP contribution in [0.25, 0.3) is 0 Å². The average Bonchev–Trinajstić information content (AvgIpc) is 3.34. The van der Waals surface area contributed by atoms with Gasteiger partial charge >= 0.3 is 6.09 Å². The summed E-state index contributed by atoms with van der Waals surface area (Å²) in [5.41, 5.74) is 6.87. The van der Waals surface area contributed by atoms with Gasteiger partial charge in [-0.2, -0.15) is 0 Å². The van der Waals surface area contributed by atoms with Crippen LogP contribution in [0.1, 0.15) is 30.1 Å². The normalized spacial score (nSPS) is 16.8. The Morgan fingerprint density at radius 3 is 2.49 bits per heavy atom. The molecule has 41 heavy (non-hydrogen) atoms. The number of nitrogens with two attached hydrogens (primary N) is 1. The van der Waals surface area contributed by atoms with E-state index in [0.29, 0.717) is 48.8 Å². The third-order valence-corrected chi connectivity index (χ3v) is 6.89. The summed E-state index contributed by atoms with van der Waals surface area (Å²) < 4.78 is 20.3. The van der Waals surface area contributed by atoms with Gasteiger partial charge in [-0.1, -0.05) is 12.1 Å². The molecule has 2 aromatic rings. The maximum Gasteiger partial charge on any atom is 0.414 e. The van der Waals surface area contributed by atoms with Crippen molar-refractivity contribution >= 4 is 46.7 Å². The lowest BCUT2D eigenvalue weighted by atomic mass is 10.1. The Balaban J connectivity index is 1.26. The van der Waals surface area contributed by atoms with E-state index in [2.05, 4.69) is 10.6 Å². The summed E-state index contributed by atoms with van der Waals surface area (Å²) in [6.45, 7) is 3.27. The lowest BCUT2D eigenvalue weighted by Crippen LogP contribution is -2.49. The number of amides is 4. The van der Waals surface area contributed by atoms with Crippen molar-refractivity contribution in [1.29, 1.82) is 0 Å². The van der Waals surface area contributed by atoms with Crippen LogP contribution in [0.15, 0.2) is 42.5 Å². The number of anilines is 3. The highest BCUT2D eigenvalue weighted by Crippen LogP contribution is 2.28. The van der Waals surface area contributed by atoms with E-state index in [1.54, 1.807) is 41.3 Å². The minimum absolute atomic E-state index is 0.0407. The van der Waals surface area contributed by atoms with Gasteiger partial charge in [0.25, 0.3) is 0 Å². The Hall–Kier alpha value is -4.68. The molecule has 13 heteroatoms. The maximum absolute atomic E-state index is 15.1. The number of hydrogen-bond acceptors (Lipinski definition) is 8. The summed E-state index contributed by atoms with van der Waals surface area (Å²) in [5.74, 6) is -1.60. The van der Waals surface area contributed by atoms with Crippen LogP contribution in [-0.2, 0) is 19.1 Å². The van der Waals surface area contributed by atoms with Gasteiger partial charge in [0, 0.05) is 57.2 Å². The first-order valence-electron chi connectivity index (χ1n) is 13.3. The van der Waals surface area contributed by atoms with Gasteiger partial charge in [-0.25, -0.2) is 9.18 Å². The van der Waals surface area contributed by atoms with Crippen LogP contribution >= 0.6 is 0 Å². The Morgan fingerprint density at radius 2 is 1.80 bits per heavy atom. The predicted octanol–water partition coefficient (Wildman–Crippen LogP) is 1.50. The zero-order valence-electron chi connectivity index (χ0n) is 22.7. The molecule has 0 aliphatic carbocycles. The van der Waals surface area contributed by atoms with Crippen molar-refractivity contribution < 1.29 is 33.1 Å². The Morgan fingerprint density at radius 1 is 1.05 bits per heavy atom. The third-order valence-electron chi connectivity index (χ3n) is 6.89. The molecule has 2 fully saturated rings. The number of ether oxygens (including phenoxy) is 1. The summed E-state index contributed by atoms with van der Waals surface area (Å²) in [6.07, 6.45) is -1.04. The molecule has 0 spiro atoms. The lowest BCUT2D eigenvalue weighted by Gasteiger charge is -2.36. The minimum Gasteiger partial charge on any atom is -0.442 e. The molecule has 2 aromatic carbocycles. The van der Waals surface area contributed by atoms with Crippen molar-refractivity contribution in [3.05, 3.63) is 53.8 Å². The fraction of sp³-hybridized carbons (Fsp3) is 0.393. The molecular weight excluding hydrogens is 535 g/mol. The van der Waals surface area contributed by atoms with Gasteiger partial charge < -0.3 is 30.9 Å². The summed E-state index contributed by atoms with van der Waals surface area (Å²) in [4.78, 5) is 64.5. The van der Waals surface area contributed by atoms with Crippen molar-refractivity contribution in [2.24, 2.45) is 5.73 Å². The number of nitrogens with one attached hydrogen (secondary N) is 2. The first-order chi connectivity index (χ1) is 19.6. The molecule has 1 atom stereocenters. The molecule has 0 bridgehead atoms. The first-order valence-corrected chi connectivity index (χ1v) is 13.3. The highest BCUT2D eigenvalue weighted by Gasteiger charge is 2.33. The van der Waals surface area contributed by atoms with Gasteiger partial charge in [0.05, 0.1) is 31.0 Å². The second kappa shape index (κ2) is 13.1. The van der Waals surface area contributed by atoms with E-state index >= 15 is 4.39 Å². The molecule has 218 valence electrons. The van der Waals surface area contributed by atoms with E-state index in [0.717, 1.165) is 0 Å². The average molecular weight is 569 g/mol. The lowest BCUT2D eigenvalue weighted by molar-refractivity contribution is -0.131. The number of rotatable bonds is 11. The van der Waals surface area contributed by atoms with Crippen molar-refractivity contribution in [1.82, 2.24) is 10.2 Å². The highest BCUT2D eigenvalue weighted by atomic mass is 19.1. The highest BCUT2D eigenvalue weighted by molar-refractivity contribution is 5.98. The summed E-state index contributed by atoms with van der Waals surface area (Å²) in [7, 11) is 0. The number of cyclic esters (lactones) is 1. The fourth-order valence-corrected chi connectivity index (χ4v) is 4.73. The third kappa shape index (κ3) is 7.71. The number of hydrogen-bond donors (Lipinski definition) is 3. The monoisotopic (exact) mass is 568 g/mol. The van der Waals surface area contributed by atoms with Gasteiger partial charge in [-0.15, -0.1) is 0 Å². The van der Waals surface area contributed by atoms with E-state index in [4.69, 9.17) is 10.5 Å². The van der Waals surface area contributed by atoms with E-state index in [9.17, 15) is 24.0 Å². The second-order valence-corrected chi connectivity index (χ2v) is 9.88. The molecule has 0 aromatic heterocycles. The van der Waals surface area contributed by atoms with Gasteiger partial charge in [-0.3, -0.25) is 24.1 Å². The molecule has 0 saturated carbocycles.